The maximum Gasteiger partial charge on any atom is 0.338 e. The number of hydrogen-bond donors (Lipinski definition) is 0. The highest BCUT2D eigenvalue weighted by atomic mass is 16.5. The van der Waals surface area contributed by atoms with Crippen molar-refractivity contribution in [3.63, 3.8) is 0 Å². The Bertz CT molecular complexity index is 762. The van der Waals surface area contributed by atoms with E-state index >= 15 is 0 Å². The normalized spacial score (nSPS) is 14.2. The Labute approximate surface area is 142 Å². The van der Waals surface area contributed by atoms with Crippen molar-refractivity contribution in [3.8, 4) is 0 Å². The molecule has 2 aromatic carbocycles. The predicted octanol–water partition coefficient (Wildman–Crippen LogP) is 3.95. The number of aldehydes is 1. The van der Waals surface area contributed by atoms with Gasteiger partial charge in [0.25, 0.3) is 0 Å². The first kappa shape index (κ1) is 16.4. The third-order valence-corrected chi connectivity index (χ3v) is 4.74. The van der Waals surface area contributed by atoms with E-state index in [0.29, 0.717) is 5.56 Å². The predicted molar refractivity (Wildman–Crippen MR) is 93.7 cm³/mol. The number of rotatable bonds is 2. The van der Waals surface area contributed by atoms with Gasteiger partial charge < -0.3 is 4.74 Å². The first-order valence-corrected chi connectivity index (χ1v) is 8.48. The van der Waals surface area contributed by atoms with Crippen LogP contribution in [0.1, 0.15) is 55.8 Å². The Morgan fingerprint density at radius 3 is 2.25 bits per heavy atom. The summed E-state index contributed by atoms with van der Waals surface area (Å²) in [6.07, 6.45) is 6.29. The van der Waals surface area contributed by atoms with Crippen molar-refractivity contribution < 1.29 is 14.3 Å². The monoisotopic (exact) mass is 322 g/mol. The van der Waals surface area contributed by atoms with Crippen LogP contribution in [-0.4, -0.2) is 19.4 Å². The smallest absolute Gasteiger partial charge is 0.338 e. The largest absolute Gasteiger partial charge is 0.465 e. The second-order valence-corrected chi connectivity index (χ2v) is 6.34. The van der Waals surface area contributed by atoms with Gasteiger partial charge in [0.05, 0.1) is 12.7 Å². The van der Waals surface area contributed by atoms with E-state index in [-0.39, 0.29) is 5.97 Å². The second-order valence-electron chi connectivity index (χ2n) is 6.34. The van der Waals surface area contributed by atoms with Crippen LogP contribution in [0.3, 0.4) is 0 Å². The van der Waals surface area contributed by atoms with Crippen LogP contribution in [0, 0.1) is 0 Å². The molecule has 0 N–H and O–H groups in total. The molecule has 4 bridgehead atoms. The number of ether oxygens (including phenoxy) is 1. The average molecular weight is 322 g/mol. The molecule has 3 nitrogen and oxygen atoms in total. The minimum absolute atomic E-state index is 0.268. The third kappa shape index (κ3) is 3.56. The molecule has 0 aromatic heterocycles. The van der Waals surface area contributed by atoms with Crippen LogP contribution >= 0.6 is 0 Å². The van der Waals surface area contributed by atoms with E-state index in [0.717, 1.165) is 67.1 Å². The number of hydrogen-bond acceptors (Lipinski definition) is 3. The van der Waals surface area contributed by atoms with Crippen molar-refractivity contribution in [1.82, 2.24) is 0 Å². The standard InChI is InChI=1S/C21H22O3/c1-24-21(23)20-13-16-5-2-4-15-8-10-17(19(12-15)14-22)6-3-7-18(20)11-9-16/h8-14H,2-7H2,1H3. The van der Waals surface area contributed by atoms with Crippen LogP contribution < -0.4 is 0 Å². The van der Waals surface area contributed by atoms with Crippen LogP contribution in [0.25, 0.3) is 0 Å². The number of carbonyl (C=O) groups excluding carboxylic acids is 2. The van der Waals surface area contributed by atoms with Crippen molar-refractivity contribution in [2.45, 2.75) is 38.5 Å². The van der Waals surface area contributed by atoms with Gasteiger partial charge in [-0.1, -0.05) is 24.3 Å². The van der Waals surface area contributed by atoms with Crippen LogP contribution in [0.5, 0.6) is 0 Å². The molecule has 3 heteroatoms. The molecule has 0 fully saturated rings. The number of esters is 1. The summed E-state index contributed by atoms with van der Waals surface area (Å²) in [7, 11) is 1.43. The summed E-state index contributed by atoms with van der Waals surface area (Å²) in [5.74, 6) is -0.268. The van der Waals surface area contributed by atoms with E-state index < -0.39 is 0 Å². The number of aryl methyl sites for hydroxylation is 4. The molecule has 0 spiro atoms. The van der Waals surface area contributed by atoms with Crippen molar-refractivity contribution in [2.24, 2.45) is 0 Å². The molecule has 0 heterocycles. The van der Waals surface area contributed by atoms with Crippen LogP contribution in [0.2, 0.25) is 0 Å². The second kappa shape index (κ2) is 7.43. The number of carbonyl (C=O) groups is 2. The van der Waals surface area contributed by atoms with Crippen molar-refractivity contribution >= 4 is 12.3 Å². The number of benzene rings is 2. The van der Waals surface area contributed by atoms with Gasteiger partial charge in [0.1, 0.15) is 6.29 Å². The molecular formula is C21H22O3. The molecule has 0 radical (unpaired) electrons. The van der Waals surface area contributed by atoms with Gasteiger partial charge in [0.2, 0.25) is 0 Å². The molecule has 124 valence electrons. The molecule has 0 saturated heterocycles. The fraction of sp³-hybridized carbons (Fsp3) is 0.333. The summed E-state index contributed by atoms with van der Waals surface area (Å²) < 4.78 is 4.94. The number of methoxy groups -OCH3 is 1. The van der Waals surface area contributed by atoms with Crippen molar-refractivity contribution in [3.05, 3.63) is 69.8 Å². The van der Waals surface area contributed by atoms with E-state index in [1.807, 2.05) is 12.1 Å². The zero-order valence-corrected chi connectivity index (χ0v) is 14.0. The van der Waals surface area contributed by atoms with Gasteiger partial charge in [-0.15, -0.1) is 0 Å². The molecule has 4 aliphatic carbocycles. The lowest BCUT2D eigenvalue weighted by atomic mass is 9.92. The maximum absolute atomic E-state index is 12.1. The molecule has 4 aliphatic rings. The zero-order valence-electron chi connectivity index (χ0n) is 14.0. The minimum Gasteiger partial charge on any atom is -0.465 e. The molecule has 0 unspecified atom stereocenters. The highest BCUT2D eigenvalue weighted by Crippen LogP contribution is 2.21. The molecule has 0 aliphatic heterocycles. The summed E-state index contributed by atoms with van der Waals surface area (Å²) in [5.41, 5.74) is 5.93. The fourth-order valence-electron chi connectivity index (χ4n) is 3.40. The van der Waals surface area contributed by atoms with Gasteiger partial charge >= 0.3 is 5.97 Å². The Morgan fingerprint density at radius 1 is 0.917 bits per heavy atom. The van der Waals surface area contributed by atoms with E-state index in [2.05, 4.69) is 24.3 Å². The molecule has 6 rings (SSSR count). The lowest BCUT2D eigenvalue weighted by Gasteiger charge is -2.13. The summed E-state index contributed by atoms with van der Waals surface area (Å²) in [5, 5.41) is 0. The first-order chi connectivity index (χ1) is 11.7. The van der Waals surface area contributed by atoms with Crippen molar-refractivity contribution in [1.29, 1.82) is 0 Å². The minimum atomic E-state index is -0.268. The molecule has 0 saturated carbocycles. The third-order valence-electron chi connectivity index (χ3n) is 4.74. The highest BCUT2D eigenvalue weighted by molar-refractivity contribution is 5.91. The Kier molecular flexibility index (Phi) is 5.09. The Balaban J connectivity index is 1.94. The molecule has 2 aromatic rings. The lowest BCUT2D eigenvalue weighted by molar-refractivity contribution is 0.0599. The van der Waals surface area contributed by atoms with E-state index in [9.17, 15) is 9.59 Å². The summed E-state index contributed by atoms with van der Waals surface area (Å²) in [4.78, 5) is 23.5. The topological polar surface area (TPSA) is 43.4 Å². The maximum atomic E-state index is 12.1. The van der Waals surface area contributed by atoms with Gasteiger partial charge in [0.15, 0.2) is 0 Å². The Morgan fingerprint density at radius 2 is 1.54 bits per heavy atom. The van der Waals surface area contributed by atoms with Crippen LogP contribution in [-0.2, 0) is 30.4 Å². The molecule has 0 amide bonds. The van der Waals surface area contributed by atoms with Crippen LogP contribution in [0.15, 0.2) is 36.4 Å². The van der Waals surface area contributed by atoms with E-state index in [4.69, 9.17) is 4.74 Å². The van der Waals surface area contributed by atoms with Gasteiger partial charge in [-0.05, 0) is 72.9 Å². The van der Waals surface area contributed by atoms with Gasteiger partial charge in [-0.3, -0.25) is 4.79 Å². The summed E-state index contributed by atoms with van der Waals surface area (Å²) in [6, 6.07) is 12.4. The molecule has 0 atom stereocenters. The summed E-state index contributed by atoms with van der Waals surface area (Å²) in [6.45, 7) is 0. The van der Waals surface area contributed by atoms with Gasteiger partial charge in [-0.2, -0.15) is 0 Å². The first-order valence-electron chi connectivity index (χ1n) is 8.48. The average Bonchev–Trinajstić information content (AvgIpc) is 2.62. The highest BCUT2D eigenvalue weighted by Gasteiger charge is 2.14. The molecular weight excluding hydrogens is 300 g/mol. The fourth-order valence-corrected chi connectivity index (χ4v) is 3.40. The lowest BCUT2D eigenvalue weighted by Crippen LogP contribution is -2.08. The molecule has 24 heavy (non-hydrogen) atoms. The quantitative estimate of drug-likeness (QED) is 0.621. The van der Waals surface area contributed by atoms with Crippen LogP contribution in [0.4, 0.5) is 0 Å². The Hall–Kier alpha value is -2.42. The van der Waals surface area contributed by atoms with Gasteiger partial charge in [-0.25, -0.2) is 4.79 Å². The summed E-state index contributed by atoms with van der Waals surface area (Å²) >= 11 is 0. The zero-order chi connectivity index (χ0) is 16.9. The van der Waals surface area contributed by atoms with E-state index in [1.54, 1.807) is 0 Å². The van der Waals surface area contributed by atoms with E-state index in [1.165, 1.54) is 12.7 Å². The SMILES string of the molecule is COC(=O)c1cc2ccc1CCCc1ccc(cc1C=O)CCC2. The van der Waals surface area contributed by atoms with Crippen molar-refractivity contribution in [2.75, 3.05) is 7.11 Å². The van der Waals surface area contributed by atoms with Gasteiger partial charge in [0, 0.05) is 5.56 Å².